The van der Waals surface area contributed by atoms with Crippen molar-refractivity contribution in [3.05, 3.63) is 57.3 Å². The molecule has 0 bridgehead atoms. The van der Waals surface area contributed by atoms with Gasteiger partial charge >= 0.3 is 0 Å². The number of hydrogen-bond acceptors (Lipinski definition) is 5. The Hall–Kier alpha value is -1.73. The van der Waals surface area contributed by atoms with E-state index in [9.17, 15) is 9.90 Å². The number of amides is 1. The van der Waals surface area contributed by atoms with Gasteiger partial charge in [-0.2, -0.15) is 0 Å². The highest BCUT2D eigenvalue weighted by Crippen LogP contribution is 2.30. The van der Waals surface area contributed by atoms with Gasteiger partial charge in [0.2, 0.25) is 0 Å². The molecule has 2 N–H and O–H groups in total. The maximum Gasteiger partial charge on any atom is 0.264 e. The highest BCUT2D eigenvalue weighted by atomic mass is 32.1. The van der Waals surface area contributed by atoms with Crippen molar-refractivity contribution in [1.82, 2.24) is 15.1 Å². The molecule has 0 spiro atoms. The maximum absolute atomic E-state index is 12.9. The van der Waals surface area contributed by atoms with Gasteiger partial charge in [-0.3, -0.25) is 9.69 Å². The van der Waals surface area contributed by atoms with Crippen LogP contribution < -0.4 is 5.32 Å². The number of aliphatic hydroxyl groups excluding tert-OH is 1. The zero-order chi connectivity index (χ0) is 18.6. The first-order valence-electron chi connectivity index (χ1n) is 9.77. The molecule has 1 aromatic carbocycles. The molecule has 3 heterocycles. The average molecular weight is 386 g/mol. The van der Waals surface area contributed by atoms with E-state index in [0.717, 1.165) is 49.7 Å². The van der Waals surface area contributed by atoms with E-state index in [1.807, 2.05) is 29.2 Å². The standard InChI is InChI=1S/C21H27N3O2S/c25-15-17-5-2-1-4-16(17)14-23-10-12-24(13-11-23)21(26)20-8-7-19(27-20)18-6-3-9-22-18/h1-2,4-5,7-8,18,22,25H,3,6,9-15H2/t18-/m1/s1. The highest BCUT2D eigenvalue weighted by Gasteiger charge is 2.25. The summed E-state index contributed by atoms with van der Waals surface area (Å²) in [6.07, 6.45) is 2.38. The number of thiophene rings is 1. The number of aliphatic hydroxyl groups is 1. The third-order valence-electron chi connectivity index (χ3n) is 5.58. The molecular formula is C21H27N3O2S. The van der Waals surface area contributed by atoms with Crippen molar-refractivity contribution in [2.75, 3.05) is 32.7 Å². The summed E-state index contributed by atoms with van der Waals surface area (Å²) in [6, 6.07) is 12.6. The molecular weight excluding hydrogens is 358 g/mol. The summed E-state index contributed by atoms with van der Waals surface area (Å²) in [5, 5.41) is 13.0. The first-order valence-corrected chi connectivity index (χ1v) is 10.6. The normalized spacial score (nSPS) is 20.9. The van der Waals surface area contributed by atoms with Gasteiger partial charge in [0.25, 0.3) is 5.91 Å². The molecule has 144 valence electrons. The van der Waals surface area contributed by atoms with Crippen molar-refractivity contribution in [2.45, 2.75) is 32.0 Å². The van der Waals surface area contributed by atoms with Crippen LogP contribution in [-0.2, 0) is 13.2 Å². The zero-order valence-corrected chi connectivity index (χ0v) is 16.4. The molecule has 4 rings (SSSR count). The van der Waals surface area contributed by atoms with Crippen LogP contribution in [0, 0.1) is 0 Å². The van der Waals surface area contributed by atoms with E-state index < -0.39 is 0 Å². The molecule has 2 saturated heterocycles. The summed E-state index contributed by atoms with van der Waals surface area (Å²) >= 11 is 1.65. The number of carbonyl (C=O) groups is 1. The van der Waals surface area contributed by atoms with Gasteiger partial charge in [-0.15, -0.1) is 11.3 Å². The van der Waals surface area contributed by atoms with Gasteiger partial charge in [-0.25, -0.2) is 0 Å². The Bertz CT molecular complexity index is 777. The van der Waals surface area contributed by atoms with Crippen LogP contribution in [0.3, 0.4) is 0 Å². The minimum absolute atomic E-state index is 0.0746. The molecule has 2 aromatic rings. The van der Waals surface area contributed by atoms with Crippen LogP contribution in [0.25, 0.3) is 0 Å². The van der Waals surface area contributed by atoms with E-state index >= 15 is 0 Å². The molecule has 0 aliphatic carbocycles. The second-order valence-corrected chi connectivity index (χ2v) is 8.46. The first-order chi connectivity index (χ1) is 13.2. The lowest BCUT2D eigenvalue weighted by Gasteiger charge is -2.34. The quantitative estimate of drug-likeness (QED) is 0.831. The van der Waals surface area contributed by atoms with Crippen LogP contribution in [0.2, 0.25) is 0 Å². The molecule has 2 aliphatic heterocycles. The smallest absolute Gasteiger partial charge is 0.264 e. The third-order valence-corrected chi connectivity index (χ3v) is 6.77. The Balaban J connectivity index is 1.33. The first kappa shape index (κ1) is 18.6. The number of nitrogens with zero attached hydrogens (tertiary/aromatic N) is 2. The molecule has 0 radical (unpaired) electrons. The van der Waals surface area contributed by atoms with Crippen LogP contribution in [0.5, 0.6) is 0 Å². The minimum Gasteiger partial charge on any atom is -0.392 e. The number of nitrogens with one attached hydrogen (secondary N) is 1. The Morgan fingerprint density at radius 3 is 2.59 bits per heavy atom. The summed E-state index contributed by atoms with van der Waals surface area (Å²) < 4.78 is 0. The van der Waals surface area contributed by atoms with Crippen molar-refractivity contribution in [3.8, 4) is 0 Å². The van der Waals surface area contributed by atoms with Crippen LogP contribution in [-0.4, -0.2) is 53.5 Å². The largest absolute Gasteiger partial charge is 0.392 e. The van der Waals surface area contributed by atoms with Crippen LogP contribution in [0.15, 0.2) is 36.4 Å². The Labute approximate surface area is 164 Å². The summed E-state index contributed by atoms with van der Waals surface area (Å²) in [6.45, 7) is 5.24. The maximum atomic E-state index is 12.9. The molecule has 0 unspecified atom stereocenters. The molecule has 1 atom stereocenters. The number of piperazine rings is 1. The van der Waals surface area contributed by atoms with Gasteiger partial charge in [0.1, 0.15) is 0 Å². The topological polar surface area (TPSA) is 55.8 Å². The Morgan fingerprint density at radius 1 is 1.11 bits per heavy atom. The van der Waals surface area contributed by atoms with E-state index in [0.29, 0.717) is 6.04 Å². The average Bonchev–Trinajstić information content (AvgIpc) is 3.40. The fourth-order valence-corrected chi connectivity index (χ4v) is 5.04. The molecule has 6 heteroatoms. The number of rotatable bonds is 5. The highest BCUT2D eigenvalue weighted by molar-refractivity contribution is 7.14. The van der Waals surface area contributed by atoms with Gasteiger partial charge in [-0.1, -0.05) is 24.3 Å². The third kappa shape index (κ3) is 4.24. The summed E-state index contributed by atoms with van der Waals surface area (Å²) in [5.41, 5.74) is 2.16. The zero-order valence-electron chi connectivity index (χ0n) is 15.6. The lowest BCUT2D eigenvalue weighted by molar-refractivity contribution is 0.0632. The molecule has 2 aliphatic rings. The minimum atomic E-state index is 0.0746. The van der Waals surface area contributed by atoms with Crippen LogP contribution in [0.1, 0.15) is 44.6 Å². The molecule has 27 heavy (non-hydrogen) atoms. The van der Waals surface area contributed by atoms with Crippen molar-refractivity contribution >= 4 is 17.2 Å². The SMILES string of the molecule is O=C(c1ccc([C@H]2CCCN2)s1)N1CCN(Cc2ccccc2CO)CC1. The van der Waals surface area contributed by atoms with Gasteiger partial charge < -0.3 is 15.3 Å². The summed E-state index contributed by atoms with van der Waals surface area (Å²) in [7, 11) is 0. The fourth-order valence-electron chi connectivity index (χ4n) is 3.95. The van der Waals surface area contributed by atoms with Gasteiger partial charge in [0.15, 0.2) is 0 Å². The number of benzene rings is 1. The second-order valence-electron chi connectivity index (χ2n) is 7.35. The van der Waals surface area contributed by atoms with Crippen molar-refractivity contribution in [3.63, 3.8) is 0 Å². The Morgan fingerprint density at radius 2 is 1.89 bits per heavy atom. The van der Waals surface area contributed by atoms with Crippen LogP contribution >= 0.6 is 11.3 Å². The number of carbonyl (C=O) groups excluding carboxylic acids is 1. The number of hydrogen-bond donors (Lipinski definition) is 2. The molecule has 5 nitrogen and oxygen atoms in total. The monoisotopic (exact) mass is 385 g/mol. The van der Waals surface area contributed by atoms with E-state index in [4.69, 9.17) is 0 Å². The predicted molar refractivity (Wildman–Crippen MR) is 108 cm³/mol. The Kier molecular flexibility index (Phi) is 5.88. The van der Waals surface area contributed by atoms with Gasteiger partial charge in [-0.05, 0) is 42.6 Å². The van der Waals surface area contributed by atoms with Crippen LogP contribution in [0.4, 0.5) is 0 Å². The predicted octanol–water partition coefficient (Wildman–Crippen LogP) is 2.62. The van der Waals surface area contributed by atoms with E-state index in [1.54, 1.807) is 11.3 Å². The molecule has 0 saturated carbocycles. The van der Waals surface area contributed by atoms with Crippen molar-refractivity contribution < 1.29 is 9.90 Å². The van der Waals surface area contributed by atoms with Crippen molar-refractivity contribution in [2.24, 2.45) is 0 Å². The van der Waals surface area contributed by atoms with E-state index in [-0.39, 0.29) is 12.5 Å². The fraction of sp³-hybridized carbons (Fsp3) is 0.476. The molecule has 1 amide bonds. The van der Waals surface area contributed by atoms with Crippen molar-refractivity contribution in [1.29, 1.82) is 0 Å². The van der Waals surface area contributed by atoms with Gasteiger partial charge in [0.05, 0.1) is 11.5 Å². The molecule has 2 fully saturated rings. The lowest BCUT2D eigenvalue weighted by Crippen LogP contribution is -2.48. The van der Waals surface area contributed by atoms with E-state index in [2.05, 4.69) is 22.3 Å². The lowest BCUT2D eigenvalue weighted by atomic mass is 10.1. The summed E-state index contributed by atoms with van der Waals surface area (Å²) in [5.74, 6) is 0.166. The second kappa shape index (κ2) is 8.52. The molecule has 1 aromatic heterocycles. The summed E-state index contributed by atoms with van der Waals surface area (Å²) in [4.78, 5) is 19.3. The van der Waals surface area contributed by atoms with Gasteiger partial charge in [0, 0.05) is 43.6 Å². The van der Waals surface area contributed by atoms with E-state index in [1.165, 1.54) is 23.3 Å².